The molecule has 0 heterocycles. The second-order valence-electron chi connectivity index (χ2n) is 8.11. The Balaban J connectivity index is 2.53. The molecule has 3 atom stereocenters. The fourth-order valence-electron chi connectivity index (χ4n) is 2.18. The first kappa shape index (κ1) is 23.8. The molecule has 0 aliphatic heterocycles. The number of halogens is 1. The van der Waals surface area contributed by atoms with Crippen molar-refractivity contribution >= 4 is 30.9 Å². The van der Waals surface area contributed by atoms with E-state index in [0.717, 1.165) is 5.56 Å². The van der Waals surface area contributed by atoms with Gasteiger partial charge in [-0.1, -0.05) is 79.8 Å². The molecule has 0 fully saturated rings. The smallest absolute Gasteiger partial charge is 0.192 e. The number of hydrogen-bond donors (Lipinski definition) is 2. The summed E-state index contributed by atoms with van der Waals surface area (Å²) >= 11 is 2.15. The molecule has 0 radical (unpaired) electrons. The van der Waals surface area contributed by atoms with Gasteiger partial charge in [0.15, 0.2) is 8.32 Å². The maximum Gasteiger partial charge on any atom is 0.192 e. The lowest BCUT2D eigenvalue weighted by atomic mass is 10.1. The van der Waals surface area contributed by atoms with Crippen molar-refractivity contribution in [2.75, 3.05) is 6.61 Å². The second kappa shape index (κ2) is 10.9. The Bertz CT molecular complexity index is 542. The molecule has 0 saturated carbocycles. The van der Waals surface area contributed by atoms with Crippen LogP contribution in [0.15, 0.2) is 40.5 Å². The van der Waals surface area contributed by atoms with Gasteiger partial charge in [-0.3, -0.25) is 0 Å². The highest BCUT2D eigenvalue weighted by Gasteiger charge is 2.39. The minimum Gasteiger partial charge on any atom is -0.410 e. The summed E-state index contributed by atoms with van der Waals surface area (Å²) in [6.45, 7) is 11.4. The maximum absolute atomic E-state index is 10.4. The first-order chi connectivity index (χ1) is 12.1. The minimum absolute atomic E-state index is 0.0900. The zero-order chi connectivity index (χ0) is 19.8. The fourth-order valence-corrected chi connectivity index (χ4v) is 3.93. The van der Waals surface area contributed by atoms with Crippen molar-refractivity contribution < 1.29 is 19.4 Å². The van der Waals surface area contributed by atoms with Gasteiger partial charge in [0, 0.05) is 6.42 Å². The van der Waals surface area contributed by atoms with Crippen molar-refractivity contribution in [1.29, 1.82) is 0 Å². The molecular formula is C20H33IO4Si. The third-order valence-electron chi connectivity index (χ3n) is 4.86. The van der Waals surface area contributed by atoms with E-state index >= 15 is 0 Å². The lowest BCUT2D eigenvalue weighted by Gasteiger charge is -2.39. The van der Waals surface area contributed by atoms with Gasteiger partial charge >= 0.3 is 0 Å². The highest BCUT2D eigenvalue weighted by atomic mass is 127. The summed E-state index contributed by atoms with van der Waals surface area (Å²) in [7, 11) is -1.95. The van der Waals surface area contributed by atoms with Crippen LogP contribution in [0.5, 0.6) is 0 Å². The predicted octanol–water partition coefficient (Wildman–Crippen LogP) is 4.65. The standard InChI is InChI=1S/C20H33IO4Si/c1-20(2,3)26(4,5)25-17(11-12-21)13-18(22)19(23)15-24-14-16-9-7-6-8-10-16/h6-12,17-19,22-23H,13-15H2,1-5H3/b12-11+/t17-,18+,19+/m0/s1. The first-order valence-electron chi connectivity index (χ1n) is 8.99. The van der Waals surface area contributed by atoms with Crippen LogP contribution in [0.2, 0.25) is 18.1 Å². The van der Waals surface area contributed by atoms with Gasteiger partial charge in [-0.2, -0.15) is 0 Å². The van der Waals surface area contributed by atoms with Crippen LogP contribution in [0.4, 0.5) is 0 Å². The number of aliphatic hydroxyl groups excluding tert-OH is 2. The Kier molecular flexibility index (Phi) is 9.99. The van der Waals surface area contributed by atoms with Crippen LogP contribution in [0, 0.1) is 0 Å². The number of aliphatic hydroxyl groups is 2. The summed E-state index contributed by atoms with van der Waals surface area (Å²) in [5.41, 5.74) is 1.04. The highest BCUT2D eigenvalue weighted by Crippen LogP contribution is 2.38. The monoisotopic (exact) mass is 492 g/mol. The van der Waals surface area contributed by atoms with Crippen LogP contribution >= 0.6 is 22.6 Å². The molecular weight excluding hydrogens is 459 g/mol. The molecule has 0 unspecified atom stereocenters. The van der Waals surface area contributed by atoms with Crippen molar-refractivity contribution in [3.05, 3.63) is 46.1 Å². The van der Waals surface area contributed by atoms with Crippen LogP contribution in [0.1, 0.15) is 32.8 Å². The quantitative estimate of drug-likeness (QED) is 0.369. The third-order valence-corrected chi connectivity index (χ3v) is 9.78. The molecule has 0 aromatic heterocycles. The van der Waals surface area contributed by atoms with Gasteiger partial charge in [0.1, 0.15) is 6.10 Å². The van der Waals surface area contributed by atoms with Gasteiger partial charge in [0.2, 0.25) is 0 Å². The third kappa shape index (κ3) is 8.18. The summed E-state index contributed by atoms with van der Waals surface area (Å²) in [5, 5.41) is 20.7. The van der Waals surface area contributed by atoms with Crippen molar-refractivity contribution in [1.82, 2.24) is 0 Å². The average molecular weight is 492 g/mol. The molecule has 1 aromatic rings. The lowest BCUT2D eigenvalue weighted by molar-refractivity contribution is -0.0529. The molecule has 1 rings (SSSR count). The molecule has 4 nitrogen and oxygen atoms in total. The summed E-state index contributed by atoms with van der Waals surface area (Å²) in [4.78, 5) is 0. The summed E-state index contributed by atoms with van der Waals surface area (Å²) in [6, 6.07) is 9.78. The molecule has 0 saturated heterocycles. The fraction of sp³-hybridized carbons (Fsp3) is 0.600. The Morgan fingerprint density at radius 1 is 1.12 bits per heavy atom. The van der Waals surface area contributed by atoms with Crippen LogP contribution in [-0.2, 0) is 15.8 Å². The molecule has 1 aromatic carbocycles. The van der Waals surface area contributed by atoms with E-state index in [9.17, 15) is 10.2 Å². The van der Waals surface area contributed by atoms with E-state index in [0.29, 0.717) is 13.0 Å². The van der Waals surface area contributed by atoms with Crippen molar-refractivity contribution in [2.45, 2.75) is 70.2 Å². The summed E-state index contributed by atoms with van der Waals surface area (Å²) < 4.78 is 13.8. The zero-order valence-electron chi connectivity index (χ0n) is 16.5. The van der Waals surface area contributed by atoms with Crippen molar-refractivity contribution in [3.8, 4) is 0 Å². The Hall–Kier alpha value is -0.253. The first-order valence-corrected chi connectivity index (χ1v) is 13.1. The molecule has 6 heteroatoms. The van der Waals surface area contributed by atoms with Gasteiger partial charge in [0.05, 0.1) is 25.4 Å². The minimum atomic E-state index is -1.95. The summed E-state index contributed by atoms with van der Waals surface area (Å²) in [5.74, 6) is 0. The molecule has 26 heavy (non-hydrogen) atoms. The zero-order valence-corrected chi connectivity index (χ0v) is 19.6. The van der Waals surface area contributed by atoms with Crippen molar-refractivity contribution in [3.63, 3.8) is 0 Å². The van der Waals surface area contributed by atoms with E-state index < -0.39 is 20.5 Å². The van der Waals surface area contributed by atoms with E-state index in [1.54, 1.807) is 0 Å². The van der Waals surface area contributed by atoms with E-state index in [4.69, 9.17) is 9.16 Å². The number of benzene rings is 1. The number of ether oxygens (including phenoxy) is 1. The van der Waals surface area contributed by atoms with Crippen LogP contribution in [-0.4, -0.2) is 43.4 Å². The van der Waals surface area contributed by atoms with Crippen LogP contribution < -0.4 is 0 Å². The predicted molar refractivity (Wildman–Crippen MR) is 118 cm³/mol. The lowest BCUT2D eigenvalue weighted by Crippen LogP contribution is -2.45. The van der Waals surface area contributed by atoms with Gasteiger partial charge < -0.3 is 19.4 Å². The Morgan fingerprint density at radius 3 is 2.27 bits per heavy atom. The summed E-state index contributed by atoms with van der Waals surface area (Å²) in [6.07, 6.45) is 0.246. The van der Waals surface area contributed by atoms with E-state index in [1.165, 1.54) is 0 Å². The molecule has 0 aliphatic rings. The van der Waals surface area contributed by atoms with E-state index in [2.05, 4.69) is 56.5 Å². The maximum atomic E-state index is 10.4. The van der Waals surface area contributed by atoms with Crippen LogP contribution in [0.25, 0.3) is 0 Å². The number of rotatable bonds is 10. The molecule has 0 bridgehead atoms. The van der Waals surface area contributed by atoms with Crippen molar-refractivity contribution in [2.24, 2.45) is 0 Å². The van der Waals surface area contributed by atoms with Gasteiger partial charge in [-0.25, -0.2) is 0 Å². The SMILES string of the molecule is CC(C)(C)[Si](C)(C)O[C@@H](/C=C/I)C[C@@H](O)[C@H](O)COCc1ccccc1. The van der Waals surface area contributed by atoms with E-state index in [-0.39, 0.29) is 17.7 Å². The average Bonchev–Trinajstić information content (AvgIpc) is 2.54. The van der Waals surface area contributed by atoms with Gasteiger partial charge in [0.25, 0.3) is 0 Å². The highest BCUT2D eigenvalue weighted by molar-refractivity contribution is 14.1. The largest absolute Gasteiger partial charge is 0.410 e. The topological polar surface area (TPSA) is 58.9 Å². The van der Waals surface area contributed by atoms with E-state index in [1.807, 2.05) is 40.5 Å². The molecule has 148 valence electrons. The van der Waals surface area contributed by atoms with Gasteiger partial charge in [-0.05, 0) is 27.8 Å². The molecule has 0 aliphatic carbocycles. The Labute approximate surface area is 172 Å². The molecule has 2 N–H and O–H groups in total. The molecule has 0 spiro atoms. The normalized spacial score (nSPS) is 16.6. The van der Waals surface area contributed by atoms with Gasteiger partial charge in [-0.15, -0.1) is 0 Å². The second-order valence-corrected chi connectivity index (χ2v) is 13.6. The van der Waals surface area contributed by atoms with Crippen LogP contribution in [0.3, 0.4) is 0 Å². The number of hydrogen-bond acceptors (Lipinski definition) is 4. The Morgan fingerprint density at radius 2 is 1.73 bits per heavy atom. The molecule has 0 amide bonds.